The Morgan fingerprint density at radius 3 is 2.53 bits per heavy atom. The number of aliphatic hydroxyl groups is 1. The van der Waals surface area contributed by atoms with E-state index >= 15 is 0 Å². The van der Waals surface area contributed by atoms with E-state index in [1.54, 1.807) is 6.20 Å². The lowest BCUT2D eigenvalue weighted by atomic mass is 10.2. The monoisotopic (exact) mass is 254 g/mol. The average molecular weight is 254 g/mol. The highest BCUT2D eigenvalue weighted by Crippen LogP contribution is 2.36. The van der Waals surface area contributed by atoms with E-state index < -0.39 is 8.32 Å². The van der Waals surface area contributed by atoms with Gasteiger partial charge in [0, 0.05) is 6.20 Å². The van der Waals surface area contributed by atoms with Gasteiger partial charge in [0.15, 0.2) is 14.1 Å². The Kier molecular flexibility index (Phi) is 4.40. The highest BCUT2D eigenvalue weighted by molar-refractivity contribution is 6.74. The molecule has 0 aliphatic heterocycles. The van der Waals surface area contributed by atoms with Crippen molar-refractivity contribution in [3.05, 3.63) is 23.8 Å². The van der Waals surface area contributed by atoms with E-state index in [9.17, 15) is 0 Å². The van der Waals surface area contributed by atoms with Gasteiger partial charge in [0.25, 0.3) is 0 Å². The van der Waals surface area contributed by atoms with Crippen molar-refractivity contribution in [2.45, 2.75) is 52.1 Å². The summed E-state index contributed by atoms with van der Waals surface area (Å²) >= 11 is 0. The van der Waals surface area contributed by atoms with E-state index in [4.69, 9.17) is 9.53 Å². The standard InChI is InChI=1S/C12H22N2O2Si/c1-12(2,3)17(4,5)16-9-10-6-7-13-11(8-15)14-10/h6-7,15H,8-9H2,1-5H3. The first-order chi connectivity index (χ1) is 7.76. The van der Waals surface area contributed by atoms with Gasteiger partial charge in [0.2, 0.25) is 0 Å². The van der Waals surface area contributed by atoms with E-state index in [1.165, 1.54) is 0 Å². The molecule has 0 spiro atoms. The molecule has 1 N–H and O–H groups in total. The van der Waals surface area contributed by atoms with Crippen LogP contribution in [0.2, 0.25) is 18.1 Å². The van der Waals surface area contributed by atoms with Crippen molar-refractivity contribution < 1.29 is 9.53 Å². The van der Waals surface area contributed by atoms with Gasteiger partial charge >= 0.3 is 0 Å². The lowest BCUT2D eigenvalue weighted by Gasteiger charge is -2.36. The fourth-order valence-electron chi connectivity index (χ4n) is 1.07. The van der Waals surface area contributed by atoms with E-state index in [-0.39, 0.29) is 11.6 Å². The minimum Gasteiger partial charge on any atom is -0.411 e. The third kappa shape index (κ3) is 3.87. The minimum absolute atomic E-state index is 0.131. The Bertz CT molecular complexity index is 375. The van der Waals surface area contributed by atoms with Crippen molar-refractivity contribution in [1.82, 2.24) is 9.97 Å². The summed E-state index contributed by atoms with van der Waals surface area (Å²) in [5, 5.41) is 9.16. The average Bonchev–Trinajstić information content (AvgIpc) is 2.25. The molecular weight excluding hydrogens is 232 g/mol. The van der Waals surface area contributed by atoms with E-state index in [2.05, 4.69) is 43.8 Å². The summed E-state index contributed by atoms with van der Waals surface area (Å²) in [5.41, 5.74) is 0.828. The molecular formula is C12H22N2O2Si. The zero-order chi connectivity index (χ0) is 13.1. The third-order valence-electron chi connectivity index (χ3n) is 3.29. The van der Waals surface area contributed by atoms with Crippen LogP contribution < -0.4 is 0 Å². The molecule has 0 bridgehead atoms. The largest absolute Gasteiger partial charge is 0.411 e. The van der Waals surface area contributed by atoms with Gasteiger partial charge in [-0.15, -0.1) is 0 Å². The highest BCUT2D eigenvalue weighted by Gasteiger charge is 2.37. The maximum Gasteiger partial charge on any atom is 0.192 e. The molecule has 0 radical (unpaired) electrons. The van der Waals surface area contributed by atoms with Crippen LogP contribution in [0.25, 0.3) is 0 Å². The van der Waals surface area contributed by atoms with Crippen molar-refractivity contribution in [2.75, 3.05) is 0 Å². The molecule has 0 saturated heterocycles. The highest BCUT2D eigenvalue weighted by atomic mass is 28.4. The first-order valence-corrected chi connectivity index (χ1v) is 8.73. The summed E-state index contributed by atoms with van der Waals surface area (Å²) in [5.74, 6) is 0.446. The van der Waals surface area contributed by atoms with Gasteiger partial charge in [0.05, 0.1) is 12.3 Å². The van der Waals surface area contributed by atoms with Gasteiger partial charge in [-0.25, -0.2) is 9.97 Å². The second-order valence-corrected chi connectivity index (χ2v) is 10.5. The number of aliphatic hydroxyl groups excluding tert-OH is 1. The van der Waals surface area contributed by atoms with Crippen LogP contribution in [-0.2, 0) is 17.6 Å². The first kappa shape index (κ1) is 14.3. The van der Waals surface area contributed by atoms with Crippen LogP contribution in [0.1, 0.15) is 32.3 Å². The maximum absolute atomic E-state index is 8.96. The number of aromatic nitrogens is 2. The normalized spacial score (nSPS) is 12.8. The summed E-state index contributed by atoms with van der Waals surface area (Å²) in [4.78, 5) is 8.16. The van der Waals surface area contributed by atoms with E-state index in [0.717, 1.165) is 5.69 Å². The van der Waals surface area contributed by atoms with E-state index in [0.29, 0.717) is 12.4 Å². The molecule has 0 aliphatic carbocycles. The van der Waals surface area contributed by atoms with E-state index in [1.807, 2.05) is 6.07 Å². The molecule has 0 amide bonds. The van der Waals surface area contributed by atoms with Gasteiger partial charge in [-0.2, -0.15) is 0 Å². The molecule has 0 fully saturated rings. The van der Waals surface area contributed by atoms with Crippen LogP contribution >= 0.6 is 0 Å². The summed E-state index contributed by atoms with van der Waals surface area (Å²) in [6.07, 6.45) is 1.66. The van der Waals surface area contributed by atoms with Crippen LogP contribution in [0.4, 0.5) is 0 Å². The van der Waals surface area contributed by atoms with Crippen molar-refractivity contribution in [3.8, 4) is 0 Å². The molecule has 0 aliphatic rings. The number of hydrogen-bond acceptors (Lipinski definition) is 4. The lowest BCUT2D eigenvalue weighted by molar-refractivity contribution is 0.260. The van der Waals surface area contributed by atoms with Crippen molar-refractivity contribution >= 4 is 8.32 Å². The van der Waals surface area contributed by atoms with Crippen LogP contribution in [0, 0.1) is 0 Å². The smallest absolute Gasteiger partial charge is 0.192 e. The number of hydrogen-bond donors (Lipinski definition) is 1. The summed E-state index contributed by atoms with van der Waals surface area (Å²) in [7, 11) is -1.74. The molecule has 0 unspecified atom stereocenters. The Morgan fingerprint density at radius 2 is 2.00 bits per heavy atom. The maximum atomic E-state index is 8.96. The SMILES string of the molecule is CC(C)(C)[Si](C)(C)OCc1ccnc(CO)n1. The summed E-state index contributed by atoms with van der Waals surface area (Å²) in [6, 6.07) is 1.83. The van der Waals surface area contributed by atoms with Gasteiger partial charge < -0.3 is 9.53 Å². The zero-order valence-electron chi connectivity index (χ0n) is 11.3. The molecule has 96 valence electrons. The molecule has 0 saturated carbocycles. The lowest BCUT2D eigenvalue weighted by Crippen LogP contribution is -2.40. The van der Waals surface area contributed by atoms with Crippen molar-refractivity contribution in [3.63, 3.8) is 0 Å². The summed E-state index contributed by atoms with van der Waals surface area (Å²) in [6.45, 7) is 11.4. The van der Waals surface area contributed by atoms with Crippen LogP contribution in [0.3, 0.4) is 0 Å². The topological polar surface area (TPSA) is 55.2 Å². The molecule has 17 heavy (non-hydrogen) atoms. The zero-order valence-corrected chi connectivity index (χ0v) is 12.3. The van der Waals surface area contributed by atoms with Crippen LogP contribution in [0.5, 0.6) is 0 Å². The second-order valence-electron chi connectivity index (χ2n) is 5.67. The summed E-state index contributed by atoms with van der Waals surface area (Å²) < 4.78 is 6.05. The molecule has 0 aromatic carbocycles. The van der Waals surface area contributed by atoms with Gasteiger partial charge in [-0.3, -0.25) is 0 Å². The van der Waals surface area contributed by atoms with Gasteiger partial charge in [-0.05, 0) is 24.2 Å². The number of rotatable bonds is 4. The van der Waals surface area contributed by atoms with Crippen LogP contribution in [-0.4, -0.2) is 23.4 Å². The molecule has 0 atom stereocenters. The molecule has 1 aromatic rings. The second kappa shape index (κ2) is 5.24. The Morgan fingerprint density at radius 1 is 1.35 bits per heavy atom. The van der Waals surface area contributed by atoms with Crippen molar-refractivity contribution in [2.24, 2.45) is 0 Å². The van der Waals surface area contributed by atoms with Crippen molar-refractivity contribution in [1.29, 1.82) is 0 Å². The molecule has 4 nitrogen and oxygen atoms in total. The Labute approximate surface area is 104 Å². The Hall–Kier alpha value is -0.783. The fourth-order valence-corrected chi connectivity index (χ4v) is 2.01. The fraction of sp³-hybridized carbons (Fsp3) is 0.667. The number of nitrogens with zero attached hydrogens (tertiary/aromatic N) is 2. The molecule has 1 rings (SSSR count). The first-order valence-electron chi connectivity index (χ1n) is 5.82. The third-order valence-corrected chi connectivity index (χ3v) is 7.77. The van der Waals surface area contributed by atoms with Gasteiger partial charge in [-0.1, -0.05) is 20.8 Å². The minimum atomic E-state index is -1.74. The predicted molar refractivity (Wildman–Crippen MR) is 69.9 cm³/mol. The Balaban J connectivity index is 2.67. The predicted octanol–water partition coefficient (Wildman–Crippen LogP) is 2.49. The molecule has 1 heterocycles. The van der Waals surface area contributed by atoms with Gasteiger partial charge in [0.1, 0.15) is 6.61 Å². The molecule has 1 aromatic heterocycles. The molecule has 5 heteroatoms. The quantitative estimate of drug-likeness (QED) is 0.839. The van der Waals surface area contributed by atoms with Crippen LogP contribution in [0.15, 0.2) is 12.3 Å².